The molecule has 0 amide bonds. The second-order valence-electron chi connectivity index (χ2n) is 2.24. The molecule has 0 bridgehead atoms. The number of ether oxygens (including phenoxy) is 1. The second kappa shape index (κ2) is 6.02. The Morgan fingerprint density at radius 3 is 3.08 bits per heavy atom. The molecule has 0 saturated heterocycles. The molecular formula is C8H11BrOS2. The molecule has 0 unspecified atom stereocenters. The molecule has 68 valence electrons. The molecule has 0 aliphatic carbocycles. The highest BCUT2D eigenvalue weighted by molar-refractivity contribution is 9.10. The fourth-order valence-electron chi connectivity index (χ4n) is 0.735. The molecule has 1 aromatic heterocycles. The molecule has 0 aromatic carbocycles. The smallest absolute Gasteiger partial charge is 0.0553 e. The van der Waals surface area contributed by atoms with Crippen LogP contribution in [0.25, 0.3) is 0 Å². The average molecular weight is 267 g/mol. The van der Waals surface area contributed by atoms with Crippen molar-refractivity contribution in [3.05, 3.63) is 20.8 Å². The summed E-state index contributed by atoms with van der Waals surface area (Å²) < 4.78 is 6.20. The lowest BCUT2D eigenvalue weighted by Gasteiger charge is -1.98. The molecule has 1 aromatic rings. The van der Waals surface area contributed by atoms with Crippen LogP contribution in [0.3, 0.4) is 0 Å². The molecule has 0 saturated carbocycles. The second-order valence-corrected chi connectivity index (χ2v) is 5.20. The number of methoxy groups -OCH3 is 1. The van der Waals surface area contributed by atoms with Crippen LogP contribution in [-0.4, -0.2) is 19.5 Å². The summed E-state index contributed by atoms with van der Waals surface area (Å²) in [6.07, 6.45) is 0. The first-order valence-corrected chi connectivity index (χ1v) is 6.46. The minimum atomic E-state index is 0.841. The minimum Gasteiger partial charge on any atom is -0.384 e. The first-order valence-electron chi connectivity index (χ1n) is 3.63. The Kier molecular flexibility index (Phi) is 5.30. The van der Waals surface area contributed by atoms with Gasteiger partial charge in [0.05, 0.1) is 6.61 Å². The van der Waals surface area contributed by atoms with E-state index >= 15 is 0 Å². The summed E-state index contributed by atoms with van der Waals surface area (Å²) in [6.45, 7) is 0.841. The lowest BCUT2D eigenvalue weighted by atomic mass is 10.5. The van der Waals surface area contributed by atoms with E-state index in [-0.39, 0.29) is 0 Å². The fraction of sp³-hybridized carbons (Fsp3) is 0.500. The van der Waals surface area contributed by atoms with Gasteiger partial charge in [-0.3, -0.25) is 0 Å². The number of thioether (sulfide) groups is 1. The van der Waals surface area contributed by atoms with Crippen LogP contribution in [0.5, 0.6) is 0 Å². The number of hydrogen-bond donors (Lipinski definition) is 0. The summed E-state index contributed by atoms with van der Waals surface area (Å²) in [6, 6.07) is 2.09. The maximum absolute atomic E-state index is 4.96. The predicted molar refractivity (Wildman–Crippen MR) is 60.1 cm³/mol. The van der Waals surface area contributed by atoms with Crippen molar-refractivity contribution < 1.29 is 4.74 Å². The van der Waals surface area contributed by atoms with Gasteiger partial charge in [0.1, 0.15) is 0 Å². The summed E-state index contributed by atoms with van der Waals surface area (Å²) in [5.74, 6) is 2.16. The van der Waals surface area contributed by atoms with Gasteiger partial charge in [-0.15, -0.1) is 11.3 Å². The molecule has 0 spiro atoms. The third-order valence-electron chi connectivity index (χ3n) is 1.36. The van der Waals surface area contributed by atoms with Crippen LogP contribution in [0.4, 0.5) is 0 Å². The summed E-state index contributed by atoms with van der Waals surface area (Å²) in [5, 5.41) is 2.11. The predicted octanol–water partition coefficient (Wildman–Crippen LogP) is 3.39. The zero-order valence-corrected chi connectivity index (χ0v) is 10.1. The van der Waals surface area contributed by atoms with E-state index in [9.17, 15) is 0 Å². The van der Waals surface area contributed by atoms with Gasteiger partial charge in [-0.2, -0.15) is 11.8 Å². The van der Waals surface area contributed by atoms with Crippen molar-refractivity contribution >= 4 is 39.0 Å². The van der Waals surface area contributed by atoms with Crippen LogP contribution in [-0.2, 0) is 10.5 Å². The summed E-state index contributed by atoms with van der Waals surface area (Å²) in [5.41, 5.74) is 0. The Morgan fingerprint density at radius 2 is 2.50 bits per heavy atom. The van der Waals surface area contributed by atoms with Crippen LogP contribution in [0, 0.1) is 0 Å². The minimum absolute atomic E-state index is 0.841. The van der Waals surface area contributed by atoms with Gasteiger partial charge < -0.3 is 4.74 Å². The van der Waals surface area contributed by atoms with Crippen molar-refractivity contribution in [1.29, 1.82) is 0 Å². The highest BCUT2D eigenvalue weighted by Crippen LogP contribution is 2.26. The van der Waals surface area contributed by atoms with E-state index in [0.717, 1.165) is 18.1 Å². The Morgan fingerprint density at radius 1 is 1.67 bits per heavy atom. The van der Waals surface area contributed by atoms with Crippen molar-refractivity contribution in [3.8, 4) is 0 Å². The van der Waals surface area contributed by atoms with E-state index in [1.165, 1.54) is 9.35 Å². The van der Waals surface area contributed by atoms with Crippen molar-refractivity contribution in [2.24, 2.45) is 0 Å². The van der Waals surface area contributed by atoms with Crippen molar-refractivity contribution in [2.45, 2.75) is 5.75 Å². The molecule has 4 heteroatoms. The molecule has 1 rings (SSSR count). The standard InChI is InChI=1S/C8H11BrOS2/c1-10-3-5-11-6-8-7(9)2-4-12-8/h2,4H,3,5-6H2,1H3. The van der Waals surface area contributed by atoms with E-state index in [1.807, 2.05) is 11.8 Å². The number of thiophene rings is 1. The van der Waals surface area contributed by atoms with Gasteiger partial charge in [0.15, 0.2) is 0 Å². The lowest BCUT2D eigenvalue weighted by molar-refractivity contribution is 0.218. The topological polar surface area (TPSA) is 9.23 Å². The SMILES string of the molecule is COCCSCc1sccc1Br. The van der Waals surface area contributed by atoms with Crippen LogP contribution in [0.2, 0.25) is 0 Å². The van der Waals surface area contributed by atoms with E-state index < -0.39 is 0 Å². The fourth-order valence-corrected chi connectivity index (χ4v) is 3.49. The highest BCUT2D eigenvalue weighted by Gasteiger charge is 2.00. The van der Waals surface area contributed by atoms with Crippen molar-refractivity contribution in [2.75, 3.05) is 19.5 Å². The third-order valence-corrected chi connectivity index (χ3v) is 4.41. The monoisotopic (exact) mass is 266 g/mol. The maximum Gasteiger partial charge on any atom is 0.0553 e. The lowest BCUT2D eigenvalue weighted by Crippen LogP contribution is -1.91. The van der Waals surface area contributed by atoms with E-state index in [0.29, 0.717) is 0 Å². The summed E-state index contributed by atoms with van der Waals surface area (Å²) >= 11 is 7.21. The molecule has 0 N–H and O–H groups in total. The Hall–Kier alpha value is 0.490. The van der Waals surface area contributed by atoms with Gasteiger partial charge >= 0.3 is 0 Å². The quantitative estimate of drug-likeness (QED) is 0.756. The van der Waals surface area contributed by atoms with Crippen molar-refractivity contribution in [1.82, 2.24) is 0 Å². The van der Waals surface area contributed by atoms with Crippen LogP contribution in [0.1, 0.15) is 4.88 Å². The molecule has 0 radical (unpaired) electrons. The molecule has 0 aliphatic heterocycles. The Labute approximate surface area is 89.6 Å². The largest absolute Gasteiger partial charge is 0.384 e. The zero-order chi connectivity index (χ0) is 8.81. The van der Waals surface area contributed by atoms with Crippen LogP contribution >= 0.6 is 39.0 Å². The van der Waals surface area contributed by atoms with Gasteiger partial charge in [0.2, 0.25) is 0 Å². The number of halogens is 1. The summed E-state index contributed by atoms with van der Waals surface area (Å²) in [7, 11) is 1.74. The average Bonchev–Trinajstić information content (AvgIpc) is 2.46. The van der Waals surface area contributed by atoms with Gasteiger partial charge in [-0.1, -0.05) is 0 Å². The van der Waals surface area contributed by atoms with Crippen LogP contribution in [0.15, 0.2) is 15.9 Å². The molecule has 0 atom stereocenters. The normalized spacial score (nSPS) is 10.5. The van der Waals surface area contributed by atoms with E-state index in [1.54, 1.807) is 18.4 Å². The zero-order valence-electron chi connectivity index (χ0n) is 6.88. The van der Waals surface area contributed by atoms with Gasteiger partial charge in [0, 0.05) is 28.0 Å². The molecule has 1 heterocycles. The Balaban J connectivity index is 2.20. The molecular weight excluding hydrogens is 256 g/mol. The van der Waals surface area contributed by atoms with Gasteiger partial charge in [-0.05, 0) is 27.4 Å². The molecule has 12 heavy (non-hydrogen) atoms. The number of hydrogen-bond acceptors (Lipinski definition) is 3. The van der Waals surface area contributed by atoms with E-state index in [2.05, 4.69) is 27.4 Å². The molecule has 0 aliphatic rings. The van der Waals surface area contributed by atoms with Crippen molar-refractivity contribution in [3.63, 3.8) is 0 Å². The highest BCUT2D eigenvalue weighted by atomic mass is 79.9. The van der Waals surface area contributed by atoms with Gasteiger partial charge in [-0.25, -0.2) is 0 Å². The van der Waals surface area contributed by atoms with E-state index in [4.69, 9.17) is 4.74 Å². The first kappa shape index (κ1) is 10.6. The molecule has 1 nitrogen and oxygen atoms in total. The number of rotatable bonds is 5. The van der Waals surface area contributed by atoms with Crippen LogP contribution < -0.4 is 0 Å². The first-order chi connectivity index (χ1) is 5.84. The third kappa shape index (κ3) is 3.47. The molecule has 0 fully saturated rings. The Bertz CT molecular complexity index is 225. The summed E-state index contributed by atoms with van der Waals surface area (Å²) in [4.78, 5) is 1.41. The van der Waals surface area contributed by atoms with Gasteiger partial charge in [0.25, 0.3) is 0 Å². The maximum atomic E-state index is 4.96.